The van der Waals surface area contributed by atoms with E-state index in [-0.39, 0.29) is 5.60 Å². The predicted octanol–water partition coefficient (Wildman–Crippen LogP) is 5.95. The molecular weight excluding hydrogens is 326 g/mol. The molecule has 2 aromatic carbocycles. The Bertz CT molecular complexity index is 783. The minimum atomic E-state index is -0.381. The Labute approximate surface area is 156 Å². The van der Waals surface area contributed by atoms with E-state index in [4.69, 9.17) is 14.2 Å². The van der Waals surface area contributed by atoms with Crippen LogP contribution in [0.25, 0.3) is 0 Å². The lowest BCUT2D eigenvalue weighted by Crippen LogP contribution is -2.24. The van der Waals surface area contributed by atoms with Gasteiger partial charge in [0.2, 0.25) is 0 Å². The summed E-state index contributed by atoms with van der Waals surface area (Å²) < 4.78 is 18.3. The molecule has 4 heteroatoms. The summed E-state index contributed by atoms with van der Waals surface area (Å²) in [5.74, 6) is 3.48. The van der Waals surface area contributed by atoms with Crippen LogP contribution in [-0.4, -0.2) is 20.7 Å². The van der Waals surface area contributed by atoms with Crippen LogP contribution >= 0.6 is 0 Å². The Balaban J connectivity index is 1.84. The molecule has 1 unspecified atom stereocenters. The molecule has 0 spiro atoms. The van der Waals surface area contributed by atoms with E-state index in [0.717, 1.165) is 47.3 Å². The molecule has 1 aliphatic heterocycles. The van der Waals surface area contributed by atoms with Gasteiger partial charge in [-0.05, 0) is 49.6 Å². The molecule has 0 N–H and O–H groups in total. The third-order valence-electron chi connectivity index (χ3n) is 4.95. The smallest absolute Gasteiger partial charge is 0.172 e. The first kappa shape index (κ1) is 18.6. The highest BCUT2D eigenvalue weighted by Crippen LogP contribution is 2.47. The largest absolute Gasteiger partial charge is 0.450 e. The normalized spacial score (nSPS) is 13.9. The van der Waals surface area contributed by atoms with E-state index in [1.165, 1.54) is 0 Å². The second-order valence-electron chi connectivity index (χ2n) is 7.73. The number of fused-ring (bicyclic) bond motifs is 2. The molecule has 1 aliphatic rings. The minimum Gasteiger partial charge on any atom is -0.450 e. The van der Waals surface area contributed by atoms with Crippen molar-refractivity contribution >= 4 is 5.69 Å². The van der Waals surface area contributed by atoms with Crippen molar-refractivity contribution in [3.05, 3.63) is 42.0 Å². The first-order chi connectivity index (χ1) is 12.3. The minimum absolute atomic E-state index is 0.381. The van der Waals surface area contributed by atoms with Gasteiger partial charge in [-0.2, -0.15) is 0 Å². The van der Waals surface area contributed by atoms with Crippen LogP contribution in [0.1, 0.15) is 39.7 Å². The van der Waals surface area contributed by atoms with Crippen molar-refractivity contribution in [2.24, 2.45) is 5.92 Å². The molecule has 1 heterocycles. The number of ether oxygens (including phenoxy) is 3. The fourth-order valence-electron chi connectivity index (χ4n) is 2.77. The fraction of sp³-hybridized carbons (Fsp3) is 0.455. The van der Waals surface area contributed by atoms with Gasteiger partial charge in [0.1, 0.15) is 0 Å². The molecule has 140 valence electrons. The average molecular weight is 355 g/mol. The molecule has 0 amide bonds. The Morgan fingerprint density at radius 3 is 2.23 bits per heavy atom. The zero-order valence-corrected chi connectivity index (χ0v) is 16.6. The summed E-state index contributed by atoms with van der Waals surface area (Å²) in [4.78, 5) is 2.04. The molecule has 26 heavy (non-hydrogen) atoms. The summed E-state index contributed by atoms with van der Waals surface area (Å²) >= 11 is 0. The van der Waals surface area contributed by atoms with Gasteiger partial charge in [-0.15, -0.1) is 0 Å². The summed E-state index contributed by atoms with van der Waals surface area (Å²) in [7, 11) is 4.02. The number of rotatable bonds is 6. The fourth-order valence-corrected chi connectivity index (χ4v) is 2.77. The van der Waals surface area contributed by atoms with Crippen LogP contribution in [0.2, 0.25) is 0 Å². The van der Waals surface area contributed by atoms with E-state index in [9.17, 15) is 0 Å². The maximum atomic E-state index is 6.18. The van der Waals surface area contributed by atoms with Gasteiger partial charge in [-0.25, -0.2) is 0 Å². The summed E-state index contributed by atoms with van der Waals surface area (Å²) in [6.07, 6.45) is 1.11. The zero-order chi connectivity index (χ0) is 18.9. The lowest BCUT2D eigenvalue weighted by molar-refractivity contribution is -0.0377. The number of benzene rings is 2. The van der Waals surface area contributed by atoms with Gasteiger partial charge in [0.15, 0.2) is 23.0 Å². The van der Waals surface area contributed by atoms with Crippen LogP contribution in [0.5, 0.6) is 23.0 Å². The van der Waals surface area contributed by atoms with Crippen LogP contribution in [0, 0.1) is 5.92 Å². The maximum absolute atomic E-state index is 6.18. The predicted molar refractivity (Wildman–Crippen MR) is 106 cm³/mol. The topological polar surface area (TPSA) is 30.9 Å². The maximum Gasteiger partial charge on any atom is 0.172 e. The molecule has 0 fully saturated rings. The molecule has 4 nitrogen and oxygen atoms in total. The van der Waals surface area contributed by atoms with E-state index in [1.54, 1.807) is 0 Å². The van der Waals surface area contributed by atoms with Gasteiger partial charge in [-0.3, -0.25) is 0 Å². The van der Waals surface area contributed by atoms with Gasteiger partial charge in [0.05, 0.1) is 12.2 Å². The number of nitrogens with zero attached hydrogens (tertiary/aromatic N) is 1. The molecule has 0 saturated carbocycles. The van der Waals surface area contributed by atoms with E-state index >= 15 is 0 Å². The highest BCUT2D eigenvalue weighted by molar-refractivity contribution is 5.61. The van der Waals surface area contributed by atoms with E-state index in [2.05, 4.69) is 33.8 Å². The van der Waals surface area contributed by atoms with Crippen molar-refractivity contribution in [2.45, 2.75) is 39.7 Å². The molecule has 0 radical (unpaired) electrons. The lowest BCUT2D eigenvalue weighted by Gasteiger charge is -2.29. The second-order valence-corrected chi connectivity index (χ2v) is 7.73. The monoisotopic (exact) mass is 355 g/mol. The van der Waals surface area contributed by atoms with Crippen LogP contribution in [0.4, 0.5) is 5.69 Å². The van der Waals surface area contributed by atoms with Crippen molar-refractivity contribution in [3.63, 3.8) is 0 Å². The molecule has 1 atom stereocenters. The second kappa shape index (κ2) is 7.20. The molecule has 0 aliphatic carbocycles. The third kappa shape index (κ3) is 3.80. The Hall–Kier alpha value is -2.20. The number of hydrogen-bond donors (Lipinski definition) is 0. The van der Waals surface area contributed by atoms with Crippen LogP contribution in [0.15, 0.2) is 36.4 Å². The first-order valence-corrected chi connectivity index (χ1v) is 9.25. The number of anilines is 1. The molecule has 2 aromatic rings. The summed E-state index contributed by atoms with van der Waals surface area (Å²) in [5.41, 5.74) is 1.77. The molecule has 0 bridgehead atoms. The lowest BCUT2D eigenvalue weighted by atomic mass is 9.97. The van der Waals surface area contributed by atoms with E-state index < -0.39 is 0 Å². The zero-order valence-electron chi connectivity index (χ0n) is 16.6. The molecule has 0 saturated heterocycles. The first-order valence-electron chi connectivity index (χ1n) is 9.25. The third-order valence-corrected chi connectivity index (χ3v) is 4.95. The summed E-state index contributed by atoms with van der Waals surface area (Å²) in [6, 6.07) is 12.0. The van der Waals surface area contributed by atoms with Crippen molar-refractivity contribution in [3.8, 4) is 23.0 Å². The molecule has 3 rings (SSSR count). The molecular formula is C22H29NO3. The SMILES string of the molecule is CCC(C)COC(C)(C)c1ccc2c(c1)Oc1cc(N(C)C)ccc1O2. The van der Waals surface area contributed by atoms with E-state index in [0.29, 0.717) is 5.92 Å². The Kier molecular flexibility index (Phi) is 5.15. The van der Waals surface area contributed by atoms with Crippen LogP contribution in [-0.2, 0) is 10.3 Å². The van der Waals surface area contributed by atoms with Crippen molar-refractivity contribution in [2.75, 3.05) is 25.6 Å². The highest BCUT2D eigenvalue weighted by atomic mass is 16.6. The van der Waals surface area contributed by atoms with Crippen molar-refractivity contribution < 1.29 is 14.2 Å². The van der Waals surface area contributed by atoms with Gasteiger partial charge >= 0.3 is 0 Å². The van der Waals surface area contributed by atoms with Crippen molar-refractivity contribution in [1.82, 2.24) is 0 Å². The highest BCUT2D eigenvalue weighted by Gasteiger charge is 2.26. The van der Waals surface area contributed by atoms with Crippen LogP contribution < -0.4 is 14.4 Å². The van der Waals surface area contributed by atoms with Crippen LogP contribution in [0.3, 0.4) is 0 Å². The average Bonchev–Trinajstić information content (AvgIpc) is 2.63. The quantitative estimate of drug-likeness (QED) is 0.547. The molecule has 0 aromatic heterocycles. The van der Waals surface area contributed by atoms with Gasteiger partial charge in [0, 0.05) is 25.8 Å². The van der Waals surface area contributed by atoms with Gasteiger partial charge in [-0.1, -0.05) is 26.3 Å². The van der Waals surface area contributed by atoms with E-state index in [1.807, 2.05) is 49.3 Å². The standard InChI is InChI=1S/C22H29NO3/c1-7-15(2)14-24-22(3,4)16-8-10-18-20(12-16)26-21-13-17(23(5)6)9-11-19(21)25-18/h8-13,15H,7,14H2,1-6H3. The summed E-state index contributed by atoms with van der Waals surface area (Å²) in [6.45, 7) is 9.33. The van der Waals surface area contributed by atoms with Crippen molar-refractivity contribution in [1.29, 1.82) is 0 Å². The van der Waals surface area contributed by atoms with Gasteiger partial charge in [0.25, 0.3) is 0 Å². The number of hydrogen-bond acceptors (Lipinski definition) is 4. The Morgan fingerprint density at radius 1 is 0.962 bits per heavy atom. The van der Waals surface area contributed by atoms with Gasteiger partial charge < -0.3 is 19.1 Å². The summed E-state index contributed by atoms with van der Waals surface area (Å²) in [5, 5.41) is 0. The Morgan fingerprint density at radius 2 is 1.58 bits per heavy atom.